The molecule has 0 saturated carbocycles. The third kappa shape index (κ3) is 3.43. The maximum Gasteiger partial charge on any atom is 0.261 e. The molecule has 0 atom stereocenters. The number of nitrogens with zero attached hydrogens (tertiary/aromatic N) is 1. The van der Waals surface area contributed by atoms with Crippen LogP contribution in [0, 0.1) is 4.77 Å². The van der Waals surface area contributed by atoms with E-state index in [1.165, 1.54) is 15.9 Å². The molecule has 8 heteroatoms. The average Bonchev–Trinajstić information content (AvgIpc) is 2.97. The maximum absolute atomic E-state index is 12.3. The quantitative estimate of drug-likeness (QED) is 0.683. The van der Waals surface area contributed by atoms with Gasteiger partial charge < -0.3 is 10.3 Å². The van der Waals surface area contributed by atoms with Gasteiger partial charge in [0.2, 0.25) is 0 Å². The van der Waals surface area contributed by atoms with Gasteiger partial charge >= 0.3 is 0 Å². The first-order chi connectivity index (χ1) is 11.5. The number of halogens is 1. The second kappa shape index (κ2) is 6.88. The van der Waals surface area contributed by atoms with Crippen LogP contribution in [0.25, 0.3) is 10.9 Å². The molecule has 3 rings (SSSR count). The normalized spacial score (nSPS) is 10.9. The highest BCUT2D eigenvalue weighted by molar-refractivity contribution is 7.71. The maximum atomic E-state index is 12.3. The van der Waals surface area contributed by atoms with Crippen molar-refractivity contribution in [2.45, 2.75) is 6.42 Å². The van der Waals surface area contributed by atoms with E-state index in [9.17, 15) is 9.59 Å². The van der Waals surface area contributed by atoms with Gasteiger partial charge in [-0.3, -0.25) is 14.2 Å². The minimum absolute atomic E-state index is 0.185. The van der Waals surface area contributed by atoms with Gasteiger partial charge in [0.05, 0.1) is 15.2 Å². The number of hydrogen-bond acceptors (Lipinski definition) is 4. The minimum atomic E-state index is -0.195. The third-order valence-electron chi connectivity index (χ3n) is 3.65. The third-order valence-corrected chi connectivity index (χ3v) is 5.32. The Balaban J connectivity index is 1.76. The molecule has 0 fully saturated rings. The zero-order valence-corrected chi connectivity index (χ0v) is 15.1. The van der Waals surface area contributed by atoms with E-state index < -0.39 is 0 Å². The van der Waals surface area contributed by atoms with E-state index in [-0.39, 0.29) is 11.5 Å². The number of carbonyl (C=O) groups is 1. The van der Waals surface area contributed by atoms with Crippen LogP contribution in [0.2, 0.25) is 4.34 Å². The van der Waals surface area contributed by atoms with Crippen LogP contribution >= 0.6 is 35.2 Å². The van der Waals surface area contributed by atoms with Gasteiger partial charge in [0.15, 0.2) is 4.77 Å². The molecule has 1 aromatic carbocycles. The van der Waals surface area contributed by atoms with E-state index in [2.05, 4.69) is 10.3 Å². The summed E-state index contributed by atoms with van der Waals surface area (Å²) in [6.07, 6.45) is 0.722. The summed E-state index contributed by atoms with van der Waals surface area (Å²) in [6, 6.07) is 8.71. The predicted molar refractivity (Wildman–Crippen MR) is 99.7 cm³/mol. The molecular formula is C16H14ClN3O2S2. The van der Waals surface area contributed by atoms with E-state index in [0.29, 0.717) is 27.8 Å². The molecule has 0 aliphatic carbocycles. The molecule has 1 amide bonds. The molecule has 2 aromatic heterocycles. The zero-order valence-electron chi connectivity index (χ0n) is 12.8. The molecule has 2 N–H and O–H groups in total. The topological polar surface area (TPSA) is 66.9 Å². The fourth-order valence-corrected chi connectivity index (χ4v) is 3.61. The van der Waals surface area contributed by atoms with Crippen molar-refractivity contribution in [2.24, 2.45) is 7.05 Å². The van der Waals surface area contributed by atoms with E-state index >= 15 is 0 Å². The number of thiophene rings is 1. The van der Waals surface area contributed by atoms with Gasteiger partial charge in [0, 0.05) is 24.0 Å². The summed E-state index contributed by atoms with van der Waals surface area (Å²) in [4.78, 5) is 28.5. The number of aromatic nitrogens is 2. The van der Waals surface area contributed by atoms with Crippen LogP contribution in [0.4, 0.5) is 0 Å². The predicted octanol–water partition coefficient (Wildman–Crippen LogP) is 3.28. The Morgan fingerprint density at radius 1 is 1.38 bits per heavy atom. The average molecular weight is 380 g/mol. The van der Waals surface area contributed by atoms with Crippen molar-refractivity contribution in [1.29, 1.82) is 0 Å². The Morgan fingerprint density at radius 2 is 2.17 bits per heavy atom. The molecule has 3 aromatic rings. The number of nitrogens with one attached hydrogen (secondary N) is 2. The molecule has 2 heterocycles. The van der Waals surface area contributed by atoms with Gasteiger partial charge in [0.25, 0.3) is 11.5 Å². The molecule has 5 nitrogen and oxygen atoms in total. The number of H-pyrrole nitrogens is 1. The van der Waals surface area contributed by atoms with Gasteiger partial charge in [-0.2, -0.15) is 0 Å². The van der Waals surface area contributed by atoms with Crippen molar-refractivity contribution in [1.82, 2.24) is 14.9 Å². The van der Waals surface area contributed by atoms with Crippen LogP contribution in [0.5, 0.6) is 0 Å². The number of carbonyl (C=O) groups excluding carboxylic acids is 1. The summed E-state index contributed by atoms with van der Waals surface area (Å²) in [5, 5.41) is 3.36. The first-order valence-corrected chi connectivity index (χ1v) is 8.81. The van der Waals surface area contributed by atoms with Crippen LogP contribution in [-0.2, 0) is 13.5 Å². The highest BCUT2D eigenvalue weighted by atomic mass is 35.5. The van der Waals surface area contributed by atoms with Crippen LogP contribution in [0.3, 0.4) is 0 Å². The van der Waals surface area contributed by atoms with Crippen LogP contribution < -0.4 is 10.9 Å². The molecule has 0 aliphatic heterocycles. The van der Waals surface area contributed by atoms with Crippen LogP contribution in [0.15, 0.2) is 35.1 Å². The van der Waals surface area contributed by atoms with Gasteiger partial charge in [0.1, 0.15) is 0 Å². The van der Waals surface area contributed by atoms with Gasteiger partial charge in [-0.1, -0.05) is 11.6 Å². The van der Waals surface area contributed by atoms with Crippen LogP contribution in [-0.4, -0.2) is 22.0 Å². The molecule has 24 heavy (non-hydrogen) atoms. The smallest absolute Gasteiger partial charge is 0.261 e. The fourth-order valence-electron chi connectivity index (χ4n) is 2.33. The Bertz CT molecular complexity index is 1040. The molecule has 0 aliphatic rings. The molecule has 0 unspecified atom stereocenters. The largest absolute Gasteiger partial charge is 0.352 e. The van der Waals surface area contributed by atoms with E-state index in [1.54, 1.807) is 25.2 Å². The van der Waals surface area contributed by atoms with Gasteiger partial charge in [-0.05, 0) is 49.0 Å². The fraction of sp³-hybridized carbons (Fsp3) is 0.188. The summed E-state index contributed by atoms with van der Waals surface area (Å²) in [5.41, 5.74) is 0.849. The molecular weight excluding hydrogens is 366 g/mol. The SMILES string of the molecule is Cn1c(=S)[nH]c2cc(C(=O)NCCc3ccc(Cl)s3)ccc2c1=O. The summed E-state index contributed by atoms with van der Waals surface area (Å²) in [5.74, 6) is -0.195. The summed E-state index contributed by atoms with van der Waals surface area (Å²) in [7, 11) is 1.61. The van der Waals surface area contributed by atoms with E-state index in [4.69, 9.17) is 23.8 Å². The molecule has 0 saturated heterocycles. The second-order valence-electron chi connectivity index (χ2n) is 5.27. The van der Waals surface area contributed by atoms with Crippen molar-refractivity contribution in [3.63, 3.8) is 0 Å². The monoisotopic (exact) mass is 379 g/mol. The zero-order chi connectivity index (χ0) is 17.3. The van der Waals surface area contributed by atoms with E-state index in [1.807, 2.05) is 12.1 Å². The lowest BCUT2D eigenvalue weighted by molar-refractivity contribution is 0.0954. The number of fused-ring (bicyclic) bond motifs is 1. The van der Waals surface area contributed by atoms with Gasteiger partial charge in [-0.15, -0.1) is 11.3 Å². The number of benzene rings is 1. The number of amides is 1. The number of hydrogen-bond donors (Lipinski definition) is 2. The minimum Gasteiger partial charge on any atom is -0.352 e. The van der Waals surface area contributed by atoms with Gasteiger partial charge in [-0.25, -0.2) is 0 Å². The van der Waals surface area contributed by atoms with Crippen molar-refractivity contribution < 1.29 is 4.79 Å². The van der Waals surface area contributed by atoms with E-state index in [0.717, 1.165) is 15.6 Å². The molecule has 0 radical (unpaired) electrons. The standard InChI is InChI=1S/C16H14ClN3O2S2/c1-20-15(22)11-4-2-9(8-12(11)19-16(20)23)14(21)18-7-6-10-3-5-13(17)24-10/h2-5,8H,6-7H2,1H3,(H,18,21)(H,19,23). The number of aromatic amines is 1. The number of rotatable bonds is 4. The van der Waals surface area contributed by atoms with Crippen molar-refractivity contribution in [2.75, 3.05) is 6.54 Å². The Kier molecular flexibility index (Phi) is 4.84. The Labute approximate surface area is 151 Å². The summed E-state index contributed by atoms with van der Waals surface area (Å²) >= 11 is 12.5. The lowest BCUT2D eigenvalue weighted by Crippen LogP contribution is -2.26. The molecule has 0 spiro atoms. The first kappa shape index (κ1) is 16.9. The molecule has 124 valence electrons. The Hall–Kier alpha value is -1.96. The Morgan fingerprint density at radius 3 is 2.88 bits per heavy atom. The summed E-state index contributed by atoms with van der Waals surface area (Å²) < 4.78 is 2.42. The van der Waals surface area contributed by atoms with Crippen molar-refractivity contribution >= 4 is 52.0 Å². The second-order valence-corrected chi connectivity index (χ2v) is 7.45. The highest BCUT2D eigenvalue weighted by Gasteiger charge is 2.09. The summed E-state index contributed by atoms with van der Waals surface area (Å²) in [6.45, 7) is 0.514. The van der Waals surface area contributed by atoms with Crippen molar-refractivity contribution in [3.8, 4) is 0 Å². The van der Waals surface area contributed by atoms with Crippen LogP contribution in [0.1, 0.15) is 15.2 Å². The first-order valence-electron chi connectivity index (χ1n) is 7.21. The van der Waals surface area contributed by atoms with Crippen molar-refractivity contribution in [3.05, 3.63) is 60.2 Å². The lowest BCUT2D eigenvalue weighted by Gasteiger charge is -2.07. The molecule has 0 bridgehead atoms. The lowest BCUT2D eigenvalue weighted by atomic mass is 10.1. The highest BCUT2D eigenvalue weighted by Crippen LogP contribution is 2.21.